The van der Waals surface area contributed by atoms with Crippen molar-refractivity contribution < 1.29 is 57.3 Å². The van der Waals surface area contributed by atoms with Gasteiger partial charge in [-0.25, -0.2) is 9.79 Å². The van der Waals surface area contributed by atoms with Crippen LogP contribution in [-0.4, -0.2) is 110 Å². The topological polar surface area (TPSA) is 165 Å². The molecular formula is C54H61N3O12. The first-order valence-corrected chi connectivity index (χ1v) is 23.3. The Morgan fingerprint density at radius 2 is 1.25 bits per heavy atom. The molecule has 69 heavy (non-hydrogen) atoms. The first-order valence-electron chi connectivity index (χ1n) is 23.3. The van der Waals surface area contributed by atoms with E-state index in [1.54, 1.807) is 4.90 Å². The van der Waals surface area contributed by atoms with E-state index >= 15 is 0 Å². The molecule has 2 heterocycles. The fourth-order valence-electron chi connectivity index (χ4n) is 8.62. The van der Waals surface area contributed by atoms with Crippen LogP contribution in [-0.2, 0) is 75.7 Å². The second-order valence-corrected chi connectivity index (χ2v) is 17.7. The van der Waals surface area contributed by atoms with Gasteiger partial charge in [-0.1, -0.05) is 133 Å². The summed E-state index contributed by atoms with van der Waals surface area (Å²) >= 11 is 0. The van der Waals surface area contributed by atoms with E-state index in [0.717, 1.165) is 27.8 Å². The molecule has 2 N–H and O–H groups in total. The van der Waals surface area contributed by atoms with Crippen molar-refractivity contribution in [2.75, 3.05) is 27.3 Å². The van der Waals surface area contributed by atoms with Gasteiger partial charge in [-0.3, -0.25) is 4.79 Å². The summed E-state index contributed by atoms with van der Waals surface area (Å²) in [6.45, 7) is 4.41. The zero-order valence-electron chi connectivity index (χ0n) is 39.3. The molecular weight excluding hydrogens is 883 g/mol. The predicted molar refractivity (Wildman–Crippen MR) is 255 cm³/mol. The third-order valence-electron chi connectivity index (χ3n) is 12.2. The van der Waals surface area contributed by atoms with Crippen LogP contribution in [0.2, 0.25) is 0 Å². The van der Waals surface area contributed by atoms with E-state index < -0.39 is 73.0 Å². The van der Waals surface area contributed by atoms with E-state index in [1.807, 2.05) is 129 Å². The number of benzene rings is 5. The summed E-state index contributed by atoms with van der Waals surface area (Å²) in [4.78, 5) is 33.3. The average Bonchev–Trinajstić information content (AvgIpc) is 3.91. The Bertz CT molecular complexity index is 2410. The summed E-state index contributed by atoms with van der Waals surface area (Å²) in [5, 5.41) is 14.7. The van der Waals surface area contributed by atoms with Gasteiger partial charge in [-0.15, -0.1) is 0 Å². The smallest absolute Gasteiger partial charge is 0.407 e. The van der Waals surface area contributed by atoms with Crippen molar-refractivity contribution in [3.05, 3.63) is 173 Å². The monoisotopic (exact) mass is 943 g/mol. The van der Waals surface area contributed by atoms with Crippen LogP contribution < -0.4 is 10.1 Å². The lowest BCUT2D eigenvalue weighted by Gasteiger charge is -2.45. The van der Waals surface area contributed by atoms with Crippen molar-refractivity contribution in [1.29, 1.82) is 0 Å². The molecule has 0 spiro atoms. The molecule has 2 aliphatic heterocycles. The summed E-state index contributed by atoms with van der Waals surface area (Å²) in [5.74, 6) is -0.491. The minimum atomic E-state index is -1.46. The second kappa shape index (κ2) is 23.8. The summed E-state index contributed by atoms with van der Waals surface area (Å²) in [7, 11) is 3.72. The van der Waals surface area contributed by atoms with Gasteiger partial charge in [0.25, 0.3) is 6.02 Å². The lowest BCUT2D eigenvalue weighted by Crippen LogP contribution is -2.66. The van der Waals surface area contributed by atoms with E-state index in [2.05, 4.69) is 36.5 Å². The molecule has 8 rings (SSSR count). The van der Waals surface area contributed by atoms with Gasteiger partial charge in [0.15, 0.2) is 12.4 Å². The number of aliphatic hydroxyl groups excluding tert-OH is 1. The molecule has 0 bridgehead atoms. The molecule has 1 aliphatic carbocycles. The number of nitrogens with zero attached hydrogens (tertiary/aromatic N) is 2. The van der Waals surface area contributed by atoms with Crippen molar-refractivity contribution in [1.82, 2.24) is 10.2 Å². The molecule has 0 radical (unpaired) electrons. The van der Waals surface area contributed by atoms with Crippen LogP contribution in [0.15, 0.2) is 145 Å². The van der Waals surface area contributed by atoms with Gasteiger partial charge in [0.1, 0.15) is 55.5 Å². The maximum Gasteiger partial charge on any atom is 0.407 e. The number of carbonyl (C=O) groups is 2. The highest BCUT2D eigenvalue weighted by atomic mass is 16.7. The van der Waals surface area contributed by atoms with E-state index in [4.69, 9.17) is 47.6 Å². The molecule has 2 fully saturated rings. The van der Waals surface area contributed by atoms with Gasteiger partial charge < -0.3 is 58.0 Å². The maximum absolute atomic E-state index is 13.7. The normalized spacial score (nSPS) is 24.9. The van der Waals surface area contributed by atoms with Crippen LogP contribution in [0.5, 0.6) is 5.75 Å². The molecule has 1 saturated heterocycles. The summed E-state index contributed by atoms with van der Waals surface area (Å²) in [6.07, 6.45) is -8.26. The number of nitrogens with one attached hydrogen (secondary N) is 1. The number of aryl methyl sites for hydroxylation is 1. The number of amidine groups is 1. The zero-order valence-corrected chi connectivity index (χ0v) is 39.3. The molecule has 1 amide bonds. The van der Waals surface area contributed by atoms with Crippen molar-refractivity contribution in [2.45, 2.75) is 102 Å². The van der Waals surface area contributed by atoms with Gasteiger partial charge in [0, 0.05) is 21.0 Å². The molecule has 3 aliphatic rings. The van der Waals surface area contributed by atoms with Crippen LogP contribution in [0, 0.1) is 12.8 Å². The Morgan fingerprint density at radius 1 is 0.681 bits per heavy atom. The number of ether oxygens (including phenoxy) is 9. The minimum absolute atomic E-state index is 0.0470. The van der Waals surface area contributed by atoms with E-state index in [1.165, 1.54) is 12.5 Å². The van der Waals surface area contributed by atoms with E-state index in [0.29, 0.717) is 25.0 Å². The van der Waals surface area contributed by atoms with E-state index in [-0.39, 0.29) is 33.0 Å². The Labute approximate surface area is 403 Å². The van der Waals surface area contributed by atoms with Crippen molar-refractivity contribution in [3.63, 3.8) is 0 Å². The largest absolute Gasteiger partial charge is 0.489 e. The Balaban J connectivity index is 1.08. The minimum Gasteiger partial charge on any atom is -0.489 e. The van der Waals surface area contributed by atoms with Crippen LogP contribution in [0.3, 0.4) is 0 Å². The molecule has 5 aromatic carbocycles. The first-order chi connectivity index (χ1) is 33.6. The van der Waals surface area contributed by atoms with Gasteiger partial charge in [-0.2, -0.15) is 0 Å². The Hall–Kier alpha value is -6.33. The number of esters is 1. The maximum atomic E-state index is 13.7. The van der Waals surface area contributed by atoms with Crippen LogP contribution in [0.25, 0.3) is 0 Å². The van der Waals surface area contributed by atoms with Gasteiger partial charge in [0.2, 0.25) is 0 Å². The number of hydrogen-bond acceptors (Lipinski definition) is 14. The molecule has 5 aromatic rings. The quantitative estimate of drug-likeness (QED) is 0.0775. The van der Waals surface area contributed by atoms with E-state index in [9.17, 15) is 14.7 Å². The number of aliphatic hydroxyl groups is 1. The average molecular weight is 944 g/mol. The number of rotatable bonds is 20. The number of carbonyl (C=O) groups excluding carboxylic acids is 2. The number of fused-ring (bicyclic) bond motifs is 1. The van der Waals surface area contributed by atoms with Crippen molar-refractivity contribution in [3.8, 4) is 5.75 Å². The number of alkyl carbamates (subject to hydrolysis) is 1. The third-order valence-corrected chi connectivity index (χ3v) is 12.2. The molecule has 364 valence electrons. The highest BCUT2D eigenvalue weighted by Crippen LogP contribution is 2.42. The van der Waals surface area contributed by atoms with Crippen LogP contribution in [0.1, 0.15) is 40.3 Å². The zero-order chi connectivity index (χ0) is 48.1. The predicted octanol–water partition coefficient (Wildman–Crippen LogP) is 6.91. The highest BCUT2D eigenvalue weighted by Gasteiger charge is 2.59. The fourth-order valence-corrected chi connectivity index (χ4v) is 8.62. The lowest BCUT2D eigenvalue weighted by atomic mass is 9.96. The third kappa shape index (κ3) is 13.3. The lowest BCUT2D eigenvalue weighted by molar-refractivity contribution is -0.298. The summed E-state index contributed by atoms with van der Waals surface area (Å²) < 4.78 is 57.2. The van der Waals surface area contributed by atoms with Crippen molar-refractivity contribution >= 4 is 18.1 Å². The molecule has 1 saturated carbocycles. The summed E-state index contributed by atoms with van der Waals surface area (Å²) in [6, 6.07) is 43.1. The second-order valence-electron chi connectivity index (χ2n) is 17.7. The van der Waals surface area contributed by atoms with Gasteiger partial charge in [0.05, 0.1) is 45.1 Å². The summed E-state index contributed by atoms with van der Waals surface area (Å²) in [5.41, 5.74) is 5.76. The highest BCUT2D eigenvalue weighted by molar-refractivity contribution is 5.75. The number of aliphatic imine (C=N–C) groups is 1. The molecule has 15 heteroatoms. The SMILES string of the molecule is CC(=O)OC1C(NC(=O)OCc2ccccc2)[C@H](O[C@@H]2C(COCc3ccccc3)C3OC(N(C)C)=NC3C2OCc2ccc(OCc3ccc(C)cc3)cc2)OC(COCc2ccccc2)[C@H]1O. The fraction of sp³-hybridized carbons (Fsp3) is 0.389. The molecule has 0 aromatic heterocycles. The first kappa shape index (κ1) is 49.1. The Kier molecular flexibility index (Phi) is 16.9. The Morgan fingerprint density at radius 3 is 1.86 bits per heavy atom. The number of hydrogen-bond donors (Lipinski definition) is 2. The standard InChI is InChI=1S/C54H61N3O12/c1-35-20-22-40(23-21-35)30-63-42-26-24-41(25-27-42)31-64-51-45-48(69-53(55-45)57(3)4)43(33-61-28-37-14-8-5-9-15-37)49(51)68-52-46(56-54(60)65-32-39-18-12-7-13-19-39)50(66-36(2)58)47(59)44(67-52)34-62-29-38-16-10-6-11-17-38/h5-27,43-52,59H,28-34H2,1-4H3,(H,56,60)/t43?,44?,45?,46?,47-,48?,49-,50?,51?,52+/m1/s1. The molecule has 15 nitrogen and oxygen atoms in total. The van der Waals surface area contributed by atoms with Crippen LogP contribution >= 0.6 is 0 Å². The number of amides is 1. The van der Waals surface area contributed by atoms with Crippen LogP contribution in [0.4, 0.5) is 4.79 Å². The molecule has 7 unspecified atom stereocenters. The van der Waals surface area contributed by atoms with Crippen molar-refractivity contribution in [2.24, 2.45) is 10.9 Å². The molecule has 10 atom stereocenters. The van der Waals surface area contributed by atoms with Gasteiger partial charge in [-0.05, 0) is 46.9 Å². The van der Waals surface area contributed by atoms with Gasteiger partial charge >= 0.3 is 12.1 Å².